The Morgan fingerprint density at radius 2 is 1.85 bits per heavy atom. The highest BCUT2D eigenvalue weighted by molar-refractivity contribution is 6.14. The largest absolute Gasteiger partial charge is 0.361 e. The molecule has 2 atom stereocenters. The molecule has 0 aliphatic carbocycles. The summed E-state index contributed by atoms with van der Waals surface area (Å²) in [5, 5.41) is 10.1. The molecule has 3 heterocycles. The minimum absolute atomic E-state index is 0. The van der Waals surface area contributed by atoms with E-state index in [1.54, 1.807) is 18.7 Å². The van der Waals surface area contributed by atoms with Crippen LogP contribution in [-0.2, 0) is 27.2 Å². The van der Waals surface area contributed by atoms with E-state index in [2.05, 4.69) is 15.4 Å². The van der Waals surface area contributed by atoms with Gasteiger partial charge >= 0.3 is 0 Å². The Labute approximate surface area is 240 Å². The Kier molecular flexibility index (Phi) is 8.37. The number of halogens is 1. The molecule has 0 spiro atoms. The second-order valence-electron chi connectivity index (χ2n) is 11.1. The Balaban J connectivity index is 0.00000370. The highest BCUT2D eigenvalue weighted by Gasteiger charge is 2.54. The fraction of sp³-hybridized carbons (Fsp3) is 0.400. The number of nitrogens with one attached hydrogen (secondary N) is 2. The first-order chi connectivity index (χ1) is 18.6. The number of carbonyl (C=O) groups is 3. The Morgan fingerprint density at radius 1 is 1.15 bits per heavy atom. The Hall–Kier alpha value is -3.69. The monoisotopic (exact) mass is 564 g/mol. The van der Waals surface area contributed by atoms with Crippen LogP contribution in [0.2, 0.25) is 0 Å². The topological polar surface area (TPSA) is 124 Å². The molecule has 5 rings (SSSR count). The summed E-state index contributed by atoms with van der Waals surface area (Å²) in [6.07, 6.45) is 3.13. The molecule has 0 radical (unpaired) electrons. The molecule has 10 heteroatoms. The fourth-order valence-electron chi connectivity index (χ4n) is 5.62. The molecule has 3 aromatic rings. The number of H-pyrrole nitrogens is 1. The van der Waals surface area contributed by atoms with Crippen LogP contribution in [0.15, 0.2) is 65.9 Å². The van der Waals surface area contributed by atoms with Crippen molar-refractivity contribution in [2.24, 2.45) is 16.3 Å². The molecule has 0 unspecified atom stereocenters. The molecule has 3 amide bonds. The Bertz CT molecular complexity index is 1430. The number of piperidine rings is 1. The number of nitrogens with two attached hydrogens (primary N) is 1. The van der Waals surface area contributed by atoms with E-state index < -0.39 is 22.9 Å². The van der Waals surface area contributed by atoms with Crippen LogP contribution in [0, 0.1) is 5.41 Å². The number of carbonyl (C=O) groups excluding carboxylic acids is 3. The van der Waals surface area contributed by atoms with Crippen molar-refractivity contribution >= 4 is 46.7 Å². The number of hydrogen-bond donors (Lipinski definition) is 3. The molecule has 9 nitrogen and oxygen atoms in total. The van der Waals surface area contributed by atoms with E-state index in [0.717, 1.165) is 27.7 Å². The molecule has 0 bridgehead atoms. The number of likely N-dealkylation sites (tertiary alicyclic amines) is 1. The first-order valence-corrected chi connectivity index (χ1v) is 13.5. The lowest BCUT2D eigenvalue weighted by molar-refractivity contribution is -0.143. The third-order valence-electron chi connectivity index (χ3n) is 7.76. The van der Waals surface area contributed by atoms with Crippen molar-refractivity contribution in [2.45, 2.75) is 51.6 Å². The number of amides is 3. The van der Waals surface area contributed by atoms with E-state index in [1.165, 1.54) is 5.01 Å². The first kappa shape index (κ1) is 29.3. The van der Waals surface area contributed by atoms with Gasteiger partial charge in [0.25, 0.3) is 5.91 Å². The SMILES string of the molecule is CCN1N=C2CCN(C(=O)[C@@H](Cc3c[nH]c4ccccc34)NC(=O)C(C)(C)N)C[C@@]2(Cc2ccccc2)C1=O.Cl. The summed E-state index contributed by atoms with van der Waals surface area (Å²) in [6, 6.07) is 16.9. The van der Waals surface area contributed by atoms with Crippen molar-refractivity contribution in [3.05, 3.63) is 71.9 Å². The smallest absolute Gasteiger partial charge is 0.256 e. The number of aromatic nitrogens is 1. The lowest BCUT2D eigenvalue weighted by Gasteiger charge is -2.41. The number of nitrogens with zero attached hydrogens (tertiary/aromatic N) is 3. The van der Waals surface area contributed by atoms with Gasteiger partial charge in [-0.2, -0.15) is 5.10 Å². The van der Waals surface area contributed by atoms with Gasteiger partial charge < -0.3 is 20.9 Å². The zero-order valence-corrected chi connectivity index (χ0v) is 24.0. The number of benzene rings is 2. The molecule has 1 saturated heterocycles. The van der Waals surface area contributed by atoms with Crippen LogP contribution in [0.1, 0.15) is 38.3 Å². The number of aromatic amines is 1. The lowest BCUT2D eigenvalue weighted by atomic mass is 9.73. The number of para-hydroxylation sites is 1. The van der Waals surface area contributed by atoms with E-state index in [-0.39, 0.29) is 30.8 Å². The Morgan fingerprint density at radius 3 is 2.55 bits per heavy atom. The molecule has 2 aromatic carbocycles. The number of hydrazone groups is 1. The van der Waals surface area contributed by atoms with Crippen LogP contribution in [0.25, 0.3) is 10.9 Å². The van der Waals surface area contributed by atoms with Crippen LogP contribution < -0.4 is 11.1 Å². The number of rotatable bonds is 8. The van der Waals surface area contributed by atoms with Crippen LogP contribution in [0.3, 0.4) is 0 Å². The van der Waals surface area contributed by atoms with Crippen molar-refractivity contribution in [3.63, 3.8) is 0 Å². The predicted molar refractivity (Wildman–Crippen MR) is 158 cm³/mol. The van der Waals surface area contributed by atoms with Gasteiger partial charge in [0, 0.05) is 49.6 Å². The van der Waals surface area contributed by atoms with Crippen molar-refractivity contribution in [2.75, 3.05) is 19.6 Å². The second-order valence-corrected chi connectivity index (χ2v) is 11.1. The van der Waals surface area contributed by atoms with Gasteiger partial charge in [0.05, 0.1) is 11.3 Å². The normalized spacial score (nSPS) is 19.6. The van der Waals surface area contributed by atoms with Crippen molar-refractivity contribution < 1.29 is 14.4 Å². The summed E-state index contributed by atoms with van der Waals surface area (Å²) in [7, 11) is 0. The minimum atomic E-state index is -1.15. The molecule has 1 fully saturated rings. The van der Waals surface area contributed by atoms with Crippen LogP contribution in [0.4, 0.5) is 0 Å². The standard InChI is InChI=1S/C30H36N6O3.ClH/c1-4-36-28(39)30(17-20-10-6-5-7-11-20)19-35(15-14-25(30)34-36)26(37)24(33-27(38)29(2,3)31)16-21-18-32-23-13-9-8-12-22(21)23;/h5-13,18,24,32H,4,14-17,19,31H2,1-3H3,(H,33,38);1H/t24-,30-;/m1./s1. The van der Waals surface area contributed by atoms with Crippen molar-refractivity contribution in [1.82, 2.24) is 20.2 Å². The average molecular weight is 565 g/mol. The molecule has 1 aromatic heterocycles. The summed E-state index contributed by atoms with van der Waals surface area (Å²) >= 11 is 0. The molecular formula is C30H37ClN6O3. The minimum Gasteiger partial charge on any atom is -0.361 e. The quantitative estimate of drug-likeness (QED) is 0.389. The molecule has 2 aliphatic rings. The van der Waals surface area contributed by atoms with Gasteiger partial charge in [-0.1, -0.05) is 48.5 Å². The lowest BCUT2D eigenvalue weighted by Crippen LogP contribution is -2.61. The summed E-state index contributed by atoms with van der Waals surface area (Å²) in [5.41, 5.74) is 7.73. The molecule has 212 valence electrons. The van der Waals surface area contributed by atoms with Crippen LogP contribution >= 0.6 is 12.4 Å². The van der Waals surface area contributed by atoms with E-state index in [9.17, 15) is 14.4 Å². The summed E-state index contributed by atoms with van der Waals surface area (Å²) < 4.78 is 0. The van der Waals surface area contributed by atoms with E-state index in [4.69, 9.17) is 5.73 Å². The average Bonchev–Trinajstić information content (AvgIpc) is 3.45. The number of hydrogen-bond acceptors (Lipinski definition) is 5. The zero-order chi connectivity index (χ0) is 27.8. The summed E-state index contributed by atoms with van der Waals surface area (Å²) in [4.78, 5) is 45.8. The maximum Gasteiger partial charge on any atom is 0.256 e. The van der Waals surface area contributed by atoms with Gasteiger partial charge in [-0.05, 0) is 44.4 Å². The first-order valence-electron chi connectivity index (χ1n) is 13.5. The maximum atomic E-state index is 14.2. The molecule has 0 saturated carbocycles. The third-order valence-corrected chi connectivity index (χ3v) is 7.76. The van der Waals surface area contributed by atoms with Gasteiger partial charge in [0.1, 0.15) is 11.5 Å². The molecule has 40 heavy (non-hydrogen) atoms. The van der Waals surface area contributed by atoms with Gasteiger partial charge in [0.15, 0.2) is 0 Å². The van der Waals surface area contributed by atoms with Crippen LogP contribution in [0.5, 0.6) is 0 Å². The highest BCUT2D eigenvalue weighted by Crippen LogP contribution is 2.39. The van der Waals surface area contributed by atoms with E-state index in [1.807, 2.05) is 67.7 Å². The molecule has 4 N–H and O–H groups in total. The zero-order valence-electron chi connectivity index (χ0n) is 23.1. The van der Waals surface area contributed by atoms with Crippen LogP contribution in [-0.4, -0.2) is 69.5 Å². The van der Waals surface area contributed by atoms with Gasteiger partial charge in [-0.15, -0.1) is 12.4 Å². The summed E-state index contributed by atoms with van der Waals surface area (Å²) in [6.45, 7) is 6.24. The van der Waals surface area contributed by atoms with Gasteiger partial charge in [-0.25, -0.2) is 5.01 Å². The molecule has 2 aliphatic heterocycles. The highest BCUT2D eigenvalue weighted by atomic mass is 35.5. The number of fused-ring (bicyclic) bond motifs is 2. The van der Waals surface area contributed by atoms with Gasteiger partial charge in [0.2, 0.25) is 11.8 Å². The van der Waals surface area contributed by atoms with Gasteiger partial charge in [-0.3, -0.25) is 14.4 Å². The van der Waals surface area contributed by atoms with Crippen molar-refractivity contribution in [3.8, 4) is 0 Å². The maximum absolute atomic E-state index is 14.2. The van der Waals surface area contributed by atoms with Crippen molar-refractivity contribution in [1.29, 1.82) is 0 Å². The van der Waals surface area contributed by atoms with E-state index in [0.29, 0.717) is 32.4 Å². The summed E-state index contributed by atoms with van der Waals surface area (Å²) in [5.74, 6) is -0.721. The predicted octanol–water partition coefficient (Wildman–Crippen LogP) is 3.03. The second kappa shape index (κ2) is 11.4. The van der Waals surface area contributed by atoms with E-state index >= 15 is 0 Å². The molecular weight excluding hydrogens is 528 g/mol. The fourth-order valence-corrected chi connectivity index (χ4v) is 5.62. The third kappa shape index (κ3) is 5.48.